The minimum absolute atomic E-state index is 0.0144. The number of hydrogen-bond donors (Lipinski definition) is 0. The van der Waals surface area contributed by atoms with Gasteiger partial charge in [0.25, 0.3) is 5.91 Å². The standard InChI is InChI=1S/C20H22N6O2/c1-15-8-9-16(14-18(15)28-2)19(27)24-10-12-25(13-11-24)20-21-22-23-26(20)17-6-4-3-5-7-17/h3-9,14H,10-13H2,1-2H3. The van der Waals surface area contributed by atoms with E-state index in [9.17, 15) is 4.79 Å². The molecule has 0 aliphatic carbocycles. The van der Waals surface area contributed by atoms with Gasteiger partial charge in [-0.2, -0.15) is 4.68 Å². The zero-order chi connectivity index (χ0) is 19.5. The second-order valence-corrected chi connectivity index (χ2v) is 6.69. The number of amides is 1. The van der Waals surface area contributed by atoms with Crippen molar-refractivity contribution >= 4 is 11.9 Å². The van der Waals surface area contributed by atoms with Gasteiger partial charge in [0.05, 0.1) is 12.8 Å². The van der Waals surface area contributed by atoms with Crippen LogP contribution >= 0.6 is 0 Å². The number of carbonyl (C=O) groups is 1. The first-order chi connectivity index (χ1) is 13.7. The van der Waals surface area contributed by atoms with E-state index in [0.717, 1.165) is 17.0 Å². The molecule has 1 aliphatic heterocycles. The quantitative estimate of drug-likeness (QED) is 0.691. The zero-order valence-corrected chi connectivity index (χ0v) is 15.9. The van der Waals surface area contributed by atoms with Crippen molar-refractivity contribution in [3.63, 3.8) is 0 Å². The fourth-order valence-electron chi connectivity index (χ4n) is 3.36. The topological polar surface area (TPSA) is 76.4 Å². The Morgan fingerprint density at radius 1 is 1.04 bits per heavy atom. The largest absolute Gasteiger partial charge is 0.496 e. The van der Waals surface area contributed by atoms with Gasteiger partial charge in [-0.05, 0) is 47.2 Å². The minimum atomic E-state index is 0.0144. The van der Waals surface area contributed by atoms with Crippen LogP contribution < -0.4 is 9.64 Å². The van der Waals surface area contributed by atoms with Crippen LogP contribution in [0.2, 0.25) is 0 Å². The second kappa shape index (κ2) is 7.67. The Hall–Kier alpha value is -3.42. The molecule has 28 heavy (non-hydrogen) atoms. The van der Waals surface area contributed by atoms with Crippen LogP contribution in [-0.4, -0.2) is 64.3 Å². The highest BCUT2D eigenvalue weighted by atomic mass is 16.5. The molecule has 1 aliphatic rings. The lowest BCUT2D eigenvalue weighted by molar-refractivity contribution is 0.0745. The molecule has 1 amide bonds. The van der Waals surface area contributed by atoms with Crippen LogP contribution in [0.1, 0.15) is 15.9 Å². The van der Waals surface area contributed by atoms with Gasteiger partial charge in [0.15, 0.2) is 0 Å². The number of anilines is 1. The summed E-state index contributed by atoms with van der Waals surface area (Å²) in [5.74, 6) is 1.43. The lowest BCUT2D eigenvalue weighted by Crippen LogP contribution is -2.49. The van der Waals surface area contributed by atoms with Gasteiger partial charge in [-0.1, -0.05) is 29.4 Å². The number of nitrogens with zero attached hydrogens (tertiary/aromatic N) is 6. The predicted molar refractivity (Wildman–Crippen MR) is 105 cm³/mol. The number of hydrogen-bond acceptors (Lipinski definition) is 6. The molecule has 0 atom stereocenters. The molecule has 0 spiro atoms. The molecule has 1 fully saturated rings. The molecule has 3 aromatic rings. The maximum atomic E-state index is 12.9. The molecule has 2 heterocycles. The summed E-state index contributed by atoms with van der Waals surface area (Å²) >= 11 is 0. The van der Waals surface area contributed by atoms with Gasteiger partial charge in [-0.3, -0.25) is 4.79 Å². The molecule has 0 bridgehead atoms. The highest BCUT2D eigenvalue weighted by Gasteiger charge is 2.25. The van der Waals surface area contributed by atoms with Gasteiger partial charge in [-0.15, -0.1) is 0 Å². The van der Waals surface area contributed by atoms with Crippen molar-refractivity contribution in [1.82, 2.24) is 25.1 Å². The first-order valence-corrected chi connectivity index (χ1v) is 9.20. The number of tetrazole rings is 1. The summed E-state index contributed by atoms with van der Waals surface area (Å²) in [5, 5.41) is 12.1. The molecule has 1 saturated heterocycles. The molecule has 1 aromatic heterocycles. The van der Waals surface area contributed by atoms with Crippen molar-refractivity contribution in [2.24, 2.45) is 0 Å². The molecule has 0 radical (unpaired) electrons. The van der Waals surface area contributed by atoms with Crippen LogP contribution in [0.5, 0.6) is 5.75 Å². The van der Waals surface area contributed by atoms with Crippen molar-refractivity contribution in [3.05, 3.63) is 59.7 Å². The molecule has 0 saturated carbocycles. The van der Waals surface area contributed by atoms with E-state index in [4.69, 9.17) is 4.74 Å². The highest BCUT2D eigenvalue weighted by molar-refractivity contribution is 5.95. The smallest absolute Gasteiger partial charge is 0.254 e. The third-order valence-corrected chi connectivity index (χ3v) is 4.96. The van der Waals surface area contributed by atoms with Gasteiger partial charge in [0, 0.05) is 31.7 Å². The molecule has 4 rings (SSSR count). The summed E-state index contributed by atoms with van der Waals surface area (Å²) in [6.07, 6.45) is 0. The van der Waals surface area contributed by atoms with Crippen molar-refractivity contribution in [3.8, 4) is 11.4 Å². The Bertz CT molecular complexity index is 964. The second-order valence-electron chi connectivity index (χ2n) is 6.69. The summed E-state index contributed by atoms with van der Waals surface area (Å²) in [7, 11) is 1.62. The van der Waals surface area contributed by atoms with E-state index in [-0.39, 0.29) is 5.91 Å². The van der Waals surface area contributed by atoms with Gasteiger partial charge in [0.1, 0.15) is 5.75 Å². The number of piperazine rings is 1. The average molecular weight is 378 g/mol. The van der Waals surface area contributed by atoms with Gasteiger partial charge in [-0.25, -0.2) is 0 Å². The zero-order valence-electron chi connectivity index (χ0n) is 15.9. The first kappa shape index (κ1) is 18.0. The summed E-state index contributed by atoms with van der Waals surface area (Å²) in [6, 6.07) is 15.4. The lowest BCUT2D eigenvalue weighted by Gasteiger charge is -2.34. The van der Waals surface area contributed by atoms with Crippen LogP contribution in [0.4, 0.5) is 5.95 Å². The van der Waals surface area contributed by atoms with Gasteiger partial charge >= 0.3 is 0 Å². The van der Waals surface area contributed by atoms with E-state index in [0.29, 0.717) is 37.7 Å². The van der Waals surface area contributed by atoms with E-state index in [1.54, 1.807) is 17.9 Å². The summed E-state index contributed by atoms with van der Waals surface area (Å²) in [5.41, 5.74) is 2.56. The van der Waals surface area contributed by atoms with Crippen molar-refractivity contribution in [2.45, 2.75) is 6.92 Å². The Kier molecular flexibility index (Phi) is 4.92. The molecule has 144 valence electrons. The molecule has 2 aromatic carbocycles. The highest BCUT2D eigenvalue weighted by Crippen LogP contribution is 2.21. The number of para-hydroxylation sites is 1. The van der Waals surface area contributed by atoms with Gasteiger partial charge in [0.2, 0.25) is 5.95 Å². The summed E-state index contributed by atoms with van der Waals surface area (Å²) < 4.78 is 7.07. The molecule has 8 nitrogen and oxygen atoms in total. The monoisotopic (exact) mass is 378 g/mol. The fourth-order valence-corrected chi connectivity index (χ4v) is 3.36. The maximum Gasteiger partial charge on any atom is 0.254 e. The van der Waals surface area contributed by atoms with E-state index >= 15 is 0 Å². The molecule has 0 unspecified atom stereocenters. The van der Waals surface area contributed by atoms with E-state index in [1.165, 1.54) is 0 Å². The van der Waals surface area contributed by atoms with Crippen LogP contribution in [0.25, 0.3) is 5.69 Å². The number of benzene rings is 2. The normalized spacial score (nSPS) is 14.2. The number of methoxy groups -OCH3 is 1. The Morgan fingerprint density at radius 3 is 2.50 bits per heavy atom. The third-order valence-electron chi connectivity index (χ3n) is 4.96. The maximum absolute atomic E-state index is 12.9. The van der Waals surface area contributed by atoms with E-state index < -0.39 is 0 Å². The number of ether oxygens (including phenoxy) is 1. The Balaban J connectivity index is 1.46. The molecular formula is C20H22N6O2. The number of aromatic nitrogens is 4. The number of carbonyl (C=O) groups excluding carboxylic acids is 1. The lowest BCUT2D eigenvalue weighted by atomic mass is 10.1. The van der Waals surface area contributed by atoms with Crippen molar-refractivity contribution < 1.29 is 9.53 Å². The molecular weight excluding hydrogens is 356 g/mol. The van der Waals surface area contributed by atoms with Crippen molar-refractivity contribution in [2.75, 3.05) is 38.2 Å². The number of aryl methyl sites for hydroxylation is 1. The minimum Gasteiger partial charge on any atom is -0.496 e. The summed E-state index contributed by atoms with van der Waals surface area (Å²) in [6.45, 7) is 4.51. The SMILES string of the molecule is COc1cc(C(=O)N2CCN(c3nnnn3-c3ccccc3)CC2)ccc1C. The van der Waals surface area contributed by atoms with Crippen LogP contribution in [0.15, 0.2) is 48.5 Å². The van der Waals surface area contributed by atoms with Gasteiger partial charge < -0.3 is 14.5 Å². The van der Waals surface area contributed by atoms with Crippen LogP contribution in [0.3, 0.4) is 0 Å². The molecule has 8 heteroatoms. The molecule has 0 N–H and O–H groups in total. The number of rotatable bonds is 4. The van der Waals surface area contributed by atoms with E-state index in [1.807, 2.05) is 54.3 Å². The van der Waals surface area contributed by atoms with E-state index in [2.05, 4.69) is 20.4 Å². The van der Waals surface area contributed by atoms with Crippen LogP contribution in [0, 0.1) is 6.92 Å². The van der Waals surface area contributed by atoms with Crippen LogP contribution in [-0.2, 0) is 0 Å². The average Bonchev–Trinajstić information content (AvgIpc) is 3.24. The Labute approximate surface area is 163 Å². The van der Waals surface area contributed by atoms with Crippen molar-refractivity contribution in [1.29, 1.82) is 0 Å². The first-order valence-electron chi connectivity index (χ1n) is 9.20. The summed E-state index contributed by atoms with van der Waals surface area (Å²) in [4.78, 5) is 16.8. The Morgan fingerprint density at radius 2 is 1.79 bits per heavy atom. The third kappa shape index (κ3) is 3.40. The predicted octanol–water partition coefficient (Wildman–Crippen LogP) is 1.94. The fraction of sp³-hybridized carbons (Fsp3) is 0.300.